The number of nitrogens with zero attached hydrogens (tertiary/aromatic N) is 6. The van der Waals surface area contributed by atoms with E-state index in [2.05, 4.69) is 25.2 Å². The van der Waals surface area contributed by atoms with Gasteiger partial charge in [-0.15, -0.1) is 0 Å². The number of carbonyl (C=O) groups excluding carboxylic acids is 2. The summed E-state index contributed by atoms with van der Waals surface area (Å²) in [4.78, 5) is 58.6. The molecule has 2 aromatic rings. The molecule has 1 atom stereocenters. The van der Waals surface area contributed by atoms with Crippen molar-refractivity contribution in [1.82, 2.24) is 20.3 Å². The van der Waals surface area contributed by atoms with Crippen LogP contribution in [-0.2, 0) is 9.68 Å². The Kier molecular flexibility index (Phi) is 9.52. The molecule has 4 fully saturated rings. The number of hydrogen-bond acceptors (Lipinski definition) is 12. The summed E-state index contributed by atoms with van der Waals surface area (Å²) in [5.41, 5.74) is 6.14. The van der Waals surface area contributed by atoms with Gasteiger partial charge in [0.15, 0.2) is 12.0 Å². The number of carbonyl (C=O) groups is 2. The highest BCUT2D eigenvalue weighted by Crippen LogP contribution is 2.36. The first-order valence-corrected chi connectivity index (χ1v) is 17.1. The van der Waals surface area contributed by atoms with E-state index in [0.29, 0.717) is 41.9 Å². The third kappa shape index (κ3) is 6.47. The predicted molar refractivity (Wildman–Crippen MR) is 178 cm³/mol. The number of aryl methyl sites for hydroxylation is 1. The first-order valence-electron chi connectivity index (χ1n) is 17.1. The molecule has 0 saturated carbocycles. The van der Waals surface area contributed by atoms with Crippen LogP contribution in [0.4, 0.5) is 17.1 Å². The van der Waals surface area contributed by atoms with Gasteiger partial charge in [-0.05, 0) is 62.3 Å². The molecule has 0 aliphatic carbocycles. The number of hydrogen-bond donors (Lipinski definition) is 1. The number of nitro groups is 1. The number of nitrogens with one attached hydrogen (secondary N) is 1. The van der Waals surface area contributed by atoms with E-state index in [1.165, 1.54) is 12.0 Å². The predicted octanol–water partition coefficient (Wildman–Crippen LogP) is 3.19. The number of amides is 2. The molecule has 258 valence electrons. The summed E-state index contributed by atoms with van der Waals surface area (Å²) in [6.45, 7) is 11.5. The topological polar surface area (TPSA) is 133 Å². The molecule has 14 heteroatoms. The summed E-state index contributed by atoms with van der Waals surface area (Å²) in [5, 5.41) is 11.4. The number of methoxy groups -OCH3 is 1. The summed E-state index contributed by atoms with van der Waals surface area (Å²) in [7, 11) is 1.48. The maximum atomic E-state index is 13.2. The average Bonchev–Trinajstić information content (AvgIpc) is 3.37. The minimum Gasteiger partial charge on any atom is -0.490 e. The molecule has 5 aliphatic heterocycles. The Labute approximate surface area is 280 Å². The number of anilines is 2. The Bertz CT molecular complexity index is 1530. The monoisotopic (exact) mass is 663 g/mol. The van der Waals surface area contributed by atoms with Gasteiger partial charge < -0.3 is 19.4 Å². The number of rotatable bonds is 8. The molecule has 2 aromatic carbocycles. The van der Waals surface area contributed by atoms with Crippen LogP contribution in [0.5, 0.6) is 5.75 Å². The lowest BCUT2D eigenvalue weighted by Gasteiger charge is -2.44. The van der Waals surface area contributed by atoms with Crippen molar-refractivity contribution >= 4 is 28.9 Å². The Hall–Kier alpha value is -3.82. The van der Waals surface area contributed by atoms with E-state index in [9.17, 15) is 19.7 Å². The third-order valence-electron chi connectivity index (χ3n) is 10.8. The van der Waals surface area contributed by atoms with Crippen molar-refractivity contribution in [3.05, 3.63) is 57.1 Å². The number of ether oxygens (including phenoxy) is 1. The molecule has 4 saturated heterocycles. The van der Waals surface area contributed by atoms with E-state index in [1.54, 1.807) is 12.1 Å². The fraction of sp³-hybridized carbons (Fsp3) is 0.588. The van der Waals surface area contributed by atoms with Crippen molar-refractivity contribution < 1.29 is 28.9 Å². The smallest absolute Gasteiger partial charge is 0.311 e. The third-order valence-corrected chi connectivity index (χ3v) is 10.8. The van der Waals surface area contributed by atoms with Gasteiger partial charge in [0.1, 0.15) is 0 Å². The molecule has 5 aliphatic rings. The van der Waals surface area contributed by atoms with Crippen LogP contribution in [-0.4, -0.2) is 116 Å². The average molecular weight is 664 g/mol. The molecule has 1 N–H and O–H groups in total. The van der Waals surface area contributed by atoms with Gasteiger partial charge in [0.05, 0.1) is 29.8 Å². The molecule has 7 rings (SSSR count). The van der Waals surface area contributed by atoms with Gasteiger partial charge in [-0.25, -0.2) is 4.90 Å². The SMILES string of the molecule is COc1cc(N2CCC(N3CCN(CC4CCN(c5ccc6c(c5)C(=O)N(C5CCONO5)C6=O)CC4)CC3)CC2)c(C)cc1[N+](=O)[O-]. The van der Waals surface area contributed by atoms with Gasteiger partial charge in [0, 0.05) is 94.9 Å². The van der Waals surface area contributed by atoms with E-state index < -0.39 is 6.23 Å². The summed E-state index contributed by atoms with van der Waals surface area (Å²) >= 11 is 0. The van der Waals surface area contributed by atoms with Crippen LogP contribution in [0.25, 0.3) is 0 Å². The van der Waals surface area contributed by atoms with Crippen molar-refractivity contribution in [3.63, 3.8) is 0 Å². The molecule has 48 heavy (non-hydrogen) atoms. The molecular weight excluding hydrogens is 618 g/mol. The van der Waals surface area contributed by atoms with Gasteiger partial charge >= 0.3 is 5.69 Å². The van der Waals surface area contributed by atoms with E-state index in [1.807, 2.05) is 25.1 Å². The van der Waals surface area contributed by atoms with Gasteiger partial charge in [-0.3, -0.25) is 34.3 Å². The number of fused-ring (bicyclic) bond motifs is 1. The summed E-state index contributed by atoms with van der Waals surface area (Å²) in [6, 6.07) is 9.62. The zero-order valence-corrected chi connectivity index (χ0v) is 27.8. The van der Waals surface area contributed by atoms with Gasteiger partial charge in [-0.2, -0.15) is 0 Å². The van der Waals surface area contributed by atoms with E-state index >= 15 is 0 Å². The van der Waals surface area contributed by atoms with Crippen molar-refractivity contribution in [2.24, 2.45) is 5.92 Å². The van der Waals surface area contributed by atoms with Crippen LogP contribution in [0, 0.1) is 23.0 Å². The Morgan fingerprint density at radius 1 is 0.896 bits per heavy atom. The van der Waals surface area contributed by atoms with Crippen molar-refractivity contribution in [2.75, 3.05) is 82.4 Å². The van der Waals surface area contributed by atoms with Crippen LogP contribution in [0.2, 0.25) is 0 Å². The zero-order valence-electron chi connectivity index (χ0n) is 27.8. The lowest BCUT2D eigenvalue weighted by atomic mass is 9.95. The van der Waals surface area contributed by atoms with E-state index in [-0.39, 0.29) is 22.4 Å². The van der Waals surface area contributed by atoms with Crippen molar-refractivity contribution in [2.45, 2.75) is 51.3 Å². The molecule has 2 amide bonds. The second-order valence-corrected chi connectivity index (χ2v) is 13.6. The van der Waals surface area contributed by atoms with Crippen LogP contribution in [0.15, 0.2) is 30.3 Å². The normalized spacial score (nSPS) is 23.5. The maximum absolute atomic E-state index is 13.2. The molecule has 0 aromatic heterocycles. The van der Waals surface area contributed by atoms with Crippen molar-refractivity contribution in [3.8, 4) is 5.75 Å². The quantitative estimate of drug-likeness (QED) is 0.253. The first-order chi connectivity index (χ1) is 23.3. The Balaban J connectivity index is 0.858. The molecule has 0 spiro atoms. The number of benzene rings is 2. The van der Waals surface area contributed by atoms with Gasteiger partial charge in [0.2, 0.25) is 0 Å². The number of piperazine rings is 1. The van der Waals surface area contributed by atoms with Crippen LogP contribution in [0.3, 0.4) is 0 Å². The second-order valence-electron chi connectivity index (χ2n) is 13.6. The van der Waals surface area contributed by atoms with Gasteiger partial charge in [-0.1, -0.05) is 5.64 Å². The highest BCUT2D eigenvalue weighted by molar-refractivity contribution is 6.21. The largest absolute Gasteiger partial charge is 0.490 e. The summed E-state index contributed by atoms with van der Waals surface area (Å²) < 4.78 is 5.33. The minimum atomic E-state index is -0.677. The lowest BCUT2D eigenvalue weighted by molar-refractivity contribution is -0.385. The number of nitro benzene ring substituents is 1. The van der Waals surface area contributed by atoms with Crippen LogP contribution >= 0.6 is 0 Å². The molecule has 0 bridgehead atoms. The van der Waals surface area contributed by atoms with Crippen LogP contribution in [0.1, 0.15) is 58.4 Å². The summed E-state index contributed by atoms with van der Waals surface area (Å²) in [5.74, 6) is 0.321. The van der Waals surface area contributed by atoms with E-state index in [0.717, 1.165) is 102 Å². The van der Waals surface area contributed by atoms with Crippen LogP contribution < -0.4 is 20.2 Å². The Morgan fingerprint density at radius 3 is 2.27 bits per heavy atom. The highest BCUT2D eigenvalue weighted by atomic mass is 16.9. The molecule has 14 nitrogen and oxygen atoms in total. The molecule has 1 unspecified atom stereocenters. The van der Waals surface area contributed by atoms with E-state index in [4.69, 9.17) is 14.4 Å². The standard InChI is InChI=1S/C34H45N7O7/c1-23-19-30(41(44)45)31(46-2)21-29(23)39-12-7-25(8-13-39)38-16-14-36(15-17-38)22-24-5-10-37(11-6-24)26-3-4-27-28(20-26)34(43)40(33(27)42)32-9-18-47-35-48-32/h3-4,19-21,24-25,32,35H,5-18,22H2,1-2H3. The second kappa shape index (κ2) is 14.0. The van der Waals surface area contributed by atoms with Crippen molar-refractivity contribution in [1.29, 1.82) is 0 Å². The lowest BCUT2D eigenvalue weighted by Crippen LogP contribution is -2.54. The fourth-order valence-corrected chi connectivity index (χ4v) is 8.07. The Morgan fingerprint density at radius 2 is 1.60 bits per heavy atom. The molecule has 0 radical (unpaired) electrons. The first kappa shape index (κ1) is 32.7. The molecular formula is C34H45N7O7. The zero-order chi connectivity index (χ0) is 33.4. The fourth-order valence-electron chi connectivity index (χ4n) is 8.07. The number of piperidine rings is 2. The van der Waals surface area contributed by atoms with Gasteiger partial charge in [0.25, 0.3) is 11.8 Å². The summed E-state index contributed by atoms with van der Waals surface area (Å²) in [6.07, 6.45) is 4.11. The maximum Gasteiger partial charge on any atom is 0.311 e. The molecule has 5 heterocycles. The highest BCUT2D eigenvalue weighted by Gasteiger charge is 2.42. The number of imide groups is 1. The minimum absolute atomic E-state index is 0.0138.